The molecule has 0 saturated carbocycles. The molecule has 1 aliphatic rings. The molecule has 1 heterocycles. The number of hydrogen-bond donors (Lipinski definition) is 2. The van der Waals surface area contributed by atoms with E-state index in [2.05, 4.69) is 15.5 Å². The fourth-order valence-corrected chi connectivity index (χ4v) is 3.35. The average molecular weight is 414 g/mol. The summed E-state index contributed by atoms with van der Waals surface area (Å²) < 4.78 is 18.4. The van der Waals surface area contributed by atoms with E-state index in [0.29, 0.717) is 38.5 Å². The van der Waals surface area contributed by atoms with Crippen LogP contribution in [0.5, 0.6) is 5.75 Å². The van der Waals surface area contributed by atoms with Crippen molar-refractivity contribution in [2.45, 2.75) is 19.5 Å². The molecule has 160 valence electrons. The predicted octanol–water partition coefficient (Wildman–Crippen LogP) is 2.37. The number of hydrogen-bond acceptors (Lipinski definition) is 4. The summed E-state index contributed by atoms with van der Waals surface area (Å²) in [5.41, 5.74) is 1.80. The highest BCUT2D eigenvalue weighted by molar-refractivity contribution is 5.86. The summed E-state index contributed by atoms with van der Waals surface area (Å²) in [5.74, 6) is 0.169. The summed E-state index contributed by atoms with van der Waals surface area (Å²) in [4.78, 5) is 28.7. The number of carbonyl (C=O) groups excluding carboxylic acids is 2. The Kier molecular flexibility index (Phi) is 7.11. The van der Waals surface area contributed by atoms with E-state index in [1.54, 1.807) is 31.1 Å². The Balaban J connectivity index is 1.45. The van der Waals surface area contributed by atoms with Crippen molar-refractivity contribution in [2.24, 2.45) is 0 Å². The van der Waals surface area contributed by atoms with Crippen LogP contribution in [0, 0.1) is 5.82 Å². The average Bonchev–Trinajstić information content (AvgIpc) is 2.78. The molecule has 7 nitrogen and oxygen atoms in total. The van der Waals surface area contributed by atoms with Gasteiger partial charge in [0.1, 0.15) is 17.6 Å². The van der Waals surface area contributed by atoms with Crippen molar-refractivity contribution >= 4 is 17.6 Å². The maximum atomic E-state index is 13.1. The first kappa shape index (κ1) is 21.4. The highest BCUT2D eigenvalue weighted by atomic mass is 19.1. The van der Waals surface area contributed by atoms with Gasteiger partial charge in [-0.15, -0.1) is 0 Å². The minimum atomic E-state index is -0.665. The molecular formula is C22H27FN4O3. The molecule has 0 spiro atoms. The van der Waals surface area contributed by atoms with Crippen LogP contribution in [0.25, 0.3) is 0 Å². The van der Waals surface area contributed by atoms with E-state index in [-0.39, 0.29) is 17.8 Å². The van der Waals surface area contributed by atoms with E-state index in [4.69, 9.17) is 4.74 Å². The molecule has 2 aromatic rings. The van der Waals surface area contributed by atoms with E-state index in [0.717, 1.165) is 11.3 Å². The van der Waals surface area contributed by atoms with Gasteiger partial charge >= 0.3 is 6.03 Å². The molecular weight excluding hydrogens is 387 g/mol. The molecule has 8 heteroatoms. The van der Waals surface area contributed by atoms with Gasteiger partial charge in [-0.2, -0.15) is 0 Å². The molecule has 2 N–H and O–H groups in total. The number of ether oxygens (including phenoxy) is 1. The van der Waals surface area contributed by atoms with Gasteiger partial charge in [-0.3, -0.25) is 4.79 Å². The van der Waals surface area contributed by atoms with Gasteiger partial charge in [0.25, 0.3) is 0 Å². The molecule has 1 atom stereocenters. The molecule has 0 aliphatic carbocycles. The molecule has 2 aromatic carbocycles. The number of halogens is 1. The number of urea groups is 1. The number of para-hydroxylation sites is 1. The van der Waals surface area contributed by atoms with Crippen LogP contribution in [-0.4, -0.2) is 56.2 Å². The van der Waals surface area contributed by atoms with E-state index in [1.807, 2.05) is 24.3 Å². The number of nitrogens with zero attached hydrogens (tertiary/aromatic N) is 2. The lowest BCUT2D eigenvalue weighted by molar-refractivity contribution is -0.122. The van der Waals surface area contributed by atoms with Crippen LogP contribution in [0.3, 0.4) is 0 Å². The SMILES string of the molecule is COc1ccccc1CNC(=O)C(C)NC(=O)N1CCN(c2ccc(F)cc2)CC1. The standard InChI is InChI=1S/C22H27FN4O3/c1-16(21(28)24-15-17-5-3-4-6-20(17)30-2)25-22(29)27-13-11-26(12-14-27)19-9-7-18(23)8-10-19/h3-10,16H,11-15H2,1-2H3,(H,24,28)(H,25,29). The second-order valence-corrected chi connectivity index (χ2v) is 7.15. The van der Waals surface area contributed by atoms with Gasteiger partial charge in [-0.1, -0.05) is 18.2 Å². The summed E-state index contributed by atoms with van der Waals surface area (Å²) in [7, 11) is 1.58. The number of benzene rings is 2. The fourth-order valence-electron chi connectivity index (χ4n) is 3.35. The minimum absolute atomic E-state index is 0.265. The van der Waals surface area contributed by atoms with Gasteiger partial charge in [-0.05, 0) is 37.3 Å². The fraction of sp³-hybridized carbons (Fsp3) is 0.364. The number of piperazine rings is 1. The smallest absolute Gasteiger partial charge is 0.318 e. The van der Waals surface area contributed by atoms with E-state index >= 15 is 0 Å². The molecule has 3 amide bonds. The second-order valence-electron chi connectivity index (χ2n) is 7.15. The highest BCUT2D eigenvalue weighted by Gasteiger charge is 2.24. The van der Waals surface area contributed by atoms with Gasteiger partial charge in [0.2, 0.25) is 5.91 Å². The van der Waals surface area contributed by atoms with Crippen LogP contribution >= 0.6 is 0 Å². The normalized spacial score (nSPS) is 14.8. The summed E-state index contributed by atoms with van der Waals surface area (Å²) in [6, 6.07) is 12.8. The maximum absolute atomic E-state index is 13.1. The molecule has 0 bridgehead atoms. The van der Waals surface area contributed by atoms with Crippen molar-refractivity contribution in [2.75, 3.05) is 38.2 Å². The molecule has 3 rings (SSSR count). The van der Waals surface area contributed by atoms with Gasteiger partial charge < -0.3 is 25.2 Å². The topological polar surface area (TPSA) is 73.9 Å². The summed E-state index contributed by atoms with van der Waals surface area (Å²) in [5, 5.41) is 5.58. The Labute approximate surface area is 175 Å². The number of methoxy groups -OCH3 is 1. The summed E-state index contributed by atoms with van der Waals surface area (Å²) >= 11 is 0. The van der Waals surface area contributed by atoms with E-state index < -0.39 is 6.04 Å². The van der Waals surface area contributed by atoms with Crippen LogP contribution in [0.2, 0.25) is 0 Å². The van der Waals surface area contributed by atoms with Crippen molar-refractivity contribution in [1.82, 2.24) is 15.5 Å². The zero-order valence-corrected chi connectivity index (χ0v) is 17.2. The Morgan fingerprint density at radius 2 is 1.73 bits per heavy atom. The van der Waals surface area contributed by atoms with Crippen molar-refractivity contribution in [1.29, 1.82) is 0 Å². The van der Waals surface area contributed by atoms with Crippen LogP contribution in [0.15, 0.2) is 48.5 Å². The first-order valence-corrected chi connectivity index (χ1v) is 9.93. The van der Waals surface area contributed by atoms with Gasteiger partial charge in [0.15, 0.2) is 0 Å². The predicted molar refractivity (Wildman–Crippen MR) is 113 cm³/mol. The zero-order valence-electron chi connectivity index (χ0n) is 17.2. The zero-order chi connectivity index (χ0) is 21.5. The van der Waals surface area contributed by atoms with E-state index in [1.165, 1.54) is 12.1 Å². The summed E-state index contributed by atoms with van der Waals surface area (Å²) in [6.07, 6.45) is 0. The first-order valence-electron chi connectivity index (χ1n) is 9.93. The van der Waals surface area contributed by atoms with Crippen molar-refractivity contribution < 1.29 is 18.7 Å². The van der Waals surface area contributed by atoms with Gasteiger partial charge in [-0.25, -0.2) is 9.18 Å². The van der Waals surface area contributed by atoms with Crippen LogP contribution in [-0.2, 0) is 11.3 Å². The lowest BCUT2D eigenvalue weighted by Gasteiger charge is -2.36. The lowest BCUT2D eigenvalue weighted by Crippen LogP contribution is -2.55. The second kappa shape index (κ2) is 9.96. The van der Waals surface area contributed by atoms with Crippen LogP contribution < -0.4 is 20.3 Å². The highest BCUT2D eigenvalue weighted by Crippen LogP contribution is 2.18. The molecule has 1 fully saturated rings. The molecule has 30 heavy (non-hydrogen) atoms. The number of anilines is 1. The summed E-state index contributed by atoms with van der Waals surface area (Å²) in [6.45, 7) is 4.32. The van der Waals surface area contributed by atoms with Gasteiger partial charge in [0, 0.05) is 44.0 Å². The Bertz CT molecular complexity index is 867. The molecule has 0 radical (unpaired) electrons. The lowest BCUT2D eigenvalue weighted by atomic mass is 10.2. The number of carbonyl (C=O) groups is 2. The molecule has 1 unspecified atom stereocenters. The Morgan fingerprint density at radius 3 is 2.40 bits per heavy atom. The number of rotatable bonds is 6. The molecule has 1 saturated heterocycles. The third-order valence-corrected chi connectivity index (χ3v) is 5.14. The maximum Gasteiger partial charge on any atom is 0.318 e. The quantitative estimate of drug-likeness (QED) is 0.761. The third kappa shape index (κ3) is 5.40. The molecule has 0 aromatic heterocycles. The van der Waals surface area contributed by atoms with E-state index in [9.17, 15) is 14.0 Å². The first-order chi connectivity index (χ1) is 14.5. The van der Waals surface area contributed by atoms with Crippen molar-refractivity contribution in [3.05, 3.63) is 59.9 Å². The number of amides is 3. The van der Waals surface area contributed by atoms with Gasteiger partial charge in [0.05, 0.1) is 7.11 Å². The number of nitrogens with one attached hydrogen (secondary N) is 2. The van der Waals surface area contributed by atoms with Crippen LogP contribution in [0.4, 0.5) is 14.9 Å². The minimum Gasteiger partial charge on any atom is -0.496 e. The Morgan fingerprint density at radius 1 is 1.07 bits per heavy atom. The largest absolute Gasteiger partial charge is 0.496 e. The van der Waals surface area contributed by atoms with Crippen molar-refractivity contribution in [3.63, 3.8) is 0 Å². The van der Waals surface area contributed by atoms with Crippen molar-refractivity contribution in [3.8, 4) is 5.75 Å². The monoisotopic (exact) mass is 414 g/mol. The Hall–Kier alpha value is -3.29. The third-order valence-electron chi connectivity index (χ3n) is 5.14. The molecule has 1 aliphatic heterocycles. The van der Waals surface area contributed by atoms with Crippen LogP contribution in [0.1, 0.15) is 12.5 Å².